The average Bonchev–Trinajstić information content (AvgIpc) is 2.41. The monoisotopic (exact) mass is 348 g/mol. The zero-order valence-electron chi connectivity index (χ0n) is 11.5. The fourth-order valence-electron chi connectivity index (χ4n) is 1.79. The Hall–Kier alpha value is -2.35. The van der Waals surface area contributed by atoms with E-state index in [0.717, 1.165) is 12.1 Å². The van der Waals surface area contributed by atoms with Gasteiger partial charge in [0.05, 0.1) is 21.8 Å². The zero-order chi connectivity index (χ0) is 17.4. The third kappa shape index (κ3) is 3.70. The highest BCUT2D eigenvalue weighted by atomic mass is 35.5. The number of aryl methyl sites for hydroxylation is 1. The molecule has 122 valence electrons. The second-order valence-electron chi connectivity index (χ2n) is 4.51. The van der Waals surface area contributed by atoms with Crippen LogP contribution in [-0.2, 0) is 6.18 Å². The molecule has 0 unspecified atom stereocenters. The molecule has 0 aliphatic rings. The smallest absolute Gasteiger partial charge is 0.417 e. The summed E-state index contributed by atoms with van der Waals surface area (Å²) in [5, 5.41) is -0.687. The van der Waals surface area contributed by atoms with Crippen LogP contribution >= 0.6 is 11.6 Å². The summed E-state index contributed by atoms with van der Waals surface area (Å²) in [5.41, 5.74) is 3.68. The molecule has 0 radical (unpaired) electrons. The van der Waals surface area contributed by atoms with Crippen LogP contribution < -0.4 is 10.5 Å². The highest BCUT2D eigenvalue weighted by Crippen LogP contribution is 2.39. The van der Waals surface area contributed by atoms with Gasteiger partial charge in [-0.25, -0.2) is 4.98 Å². The van der Waals surface area contributed by atoms with Gasteiger partial charge in [0.2, 0.25) is 5.95 Å². The van der Waals surface area contributed by atoms with Gasteiger partial charge in [0.1, 0.15) is 11.5 Å². The molecule has 4 nitrogen and oxygen atoms in total. The summed E-state index contributed by atoms with van der Waals surface area (Å²) in [4.78, 5) is 14.9. The number of ether oxygens (including phenoxy) is 1. The van der Waals surface area contributed by atoms with Crippen LogP contribution in [0, 0.1) is 12.9 Å². The lowest BCUT2D eigenvalue weighted by Gasteiger charge is -2.15. The number of nitrogens with zero attached hydrogens (tertiary/aromatic N) is 1. The van der Waals surface area contributed by atoms with Gasteiger partial charge in [0.25, 0.3) is 5.91 Å². The number of carbonyl (C=O) groups is 1. The summed E-state index contributed by atoms with van der Waals surface area (Å²) in [6.07, 6.45) is -4.75. The molecule has 1 heterocycles. The predicted octanol–water partition coefficient (Wildman–Crippen LogP) is 4.09. The summed E-state index contributed by atoms with van der Waals surface area (Å²) in [6.45, 7) is 1.39. The Labute approximate surface area is 132 Å². The number of benzene rings is 1. The first-order valence-electron chi connectivity index (χ1n) is 6.11. The van der Waals surface area contributed by atoms with E-state index in [9.17, 15) is 22.4 Å². The number of primary amides is 1. The fraction of sp³-hybridized carbons (Fsp3) is 0.143. The van der Waals surface area contributed by atoms with Gasteiger partial charge in [-0.3, -0.25) is 4.79 Å². The Bertz CT molecular complexity index is 778. The quantitative estimate of drug-likeness (QED) is 0.671. The molecular weight excluding hydrogens is 340 g/mol. The van der Waals surface area contributed by atoms with Crippen molar-refractivity contribution in [2.75, 3.05) is 0 Å². The maximum atomic E-state index is 13.0. The summed E-state index contributed by atoms with van der Waals surface area (Å²) in [7, 11) is 0. The number of carbonyl (C=O) groups excluding carboxylic acids is 1. The molecule has 0 saturated heterocycles. The fourth-order valence-corrected chi connectivity index (χ4v) is 2.06. The topological polar surface area (TPSA) is 65.2 Å². The molecule has 0 bridgehead atoms. The van der Waals surface area contributed by atoms with Crippen molar-refractivity contribution in [3.05, 3.63) is 52.1 Å². The lowest BCUT2D eigenvalue weighted by Crippen LogP contribution is -2.14. The lowest BCUT2D eigenvalue weighted by molar-refractivity contribution is -0.137. The SMILES string of the molecule is Cc1nc(F)ccc1Oc1cc(C(F)(F)F)c(Cl)cc1C(N)=O. The number of alkyl halides is 3. The second kappa shape index (κ2) is 6.04. The van der Waals surface area contributed by atoms with E-state index in [-0.39, 0.29) is 17.0 Å². The molecule has 0 aliphatic heterocycles. The third-order valence-corrected chi connectivity index (χ3v) is 3.18. The van der Waals surface area contributed by atoms with Gasteiger partial charge in [-0.1, -0.05) is 11.6 Å². The summed E-state index contributed by atoms with van der Waals surface area (Å²) < 4.78 is 57.0. The maximum absolute atomic E-state index is 13.0. The normalized spacial score (nSPS) is 11.4. The highest BCUT2D eigenvalue weighted by molar-refractivity contribution is 6.32. The molecule has 1 amide bonds. The van der Waals surface area contributed by atoms with Gasteiger partial charge in [0.15, 0.2) is 0 Å². The van der Waals surface area contributed by atoms with Crippen LogP contribution in [-0.4, -0.2) is 10.9 Å². The largest absolute Gasteiger partial charge is 0.455 e. The number of amides is 1. The van der Waals surface area contributed by atoms with Gasteiger partial charge in [-0.15, -0.1) is 0 Å². The van der Waals surface area contributed by atoms with Gasteiger partial charge >= 0.3 is 6.18 Å². The Morgan fingerprint density at radius 1 is 1.26 bits per heavy atom. The van der Waals surface area contributed by atoms with Crippen molar-refractivity contribution >= 4 is 17.5 Å². The molecule has 2 aromatic rings. The third-order valence-electron chi connectivity index (χ3n) is 2.86. The van der Waals surface area contributed by atoms with Crippen molar-refractivity contribution in [3.63, 3.8) is 0 Å². The molecule has 0 saturated carbocycles. The van der Waals surface area contributed by atoms with Crippen LogP contribution in [0.2, 0.25) is 5.02 Å². The standard InChI is InChI=1S/C14H9ClF4N2O2/c1-6-10(2-3-12(16)21-6)23-11-5-8(14(17,18)19)9(15)4-7(11)13(20)22/h2-5H,1H3,(H2,20,22). The van der Waals surface area contributed by atoms with E-state index in [4.69, 9.17) is 22.1 Å². The summed E-state index contributed by atoms with van der Waals surface area (Å²) >= 11 is 5.54. The zero-order valence-corrected chi connectivity index (χ0v) is 12.3. The highest BCUT2D eigenvalue weighted by Gasteiger charge is 2.35. The Morgan fingerprint density at radius 3 is 2.43 bits per heavy atom. The van der Waals surface area contributed by atoms with Crippen molar-refractivity contribution in [2.24, 2.45) is 5.73 Å². The first-order valence-corrected chi connectivity index (χ1v) is 6.49. The Balaban J connectivity index is 2.57. The minimum atomic E-state index is -4.75. The lowest BCUT2D eigenvalue weighted by atomic mass is 10.1. The van der Waals surface area contributed by atoms with Crippen molar-refractivity contribution in [1.29, 1.82) is 0 Å². The van der Waals surface area contributed by atoms with Crippen molar-refractivity contribution in [2.45, 2.75) is 13.1 Å². The number of halogens is 5. The second-order valence-corrected chi connectivity index (χ2v) is 4.92. The number of aromatic nitrogens is 1. The minimum Gasteiger partial charge on any atom is -0.455 e. The molecule has 0 fully saturated rings. The van der Waals surface area contributed by atoms with Crippen molar-refractivity contribution < 1.29 is 27.1 Å². The molecule has 1 aromatic heterocycles. The van der Waals surface area contributed by atoms with E-state index in [1.807, 2.05) is 0 Å². The van der Waals surface area contributed by atoms with Crippen LogP contribution in [0.25, 0.3) is 0 Å². The van der Waals surface area contributed by atoms with Crippen molar-refractivity contribution in [1.82, 2.24) is 4.98 Å². The van der Waals surface area contributed by atoms with Crippen LogP contribution in [0.1, 0.15) is 21.6 Å². The minimum absolute atomic E-state index is 0.0238. The predicted molar refractivity (Wildman–Crippen MR) is 74.0 cm³/mol. The van der Waals surface area contributed by atoms with Crippen LogP contribution in [0.15, 0.2) is 24.3 Å². The van der Waals surface area contributed by atoms with Crippen LogP contribution in [0.5, 0.6) is 11.5 Å². The summed E-state index contributed by atoms with van der Waals surface area (Å²) in [6, 6.07) is 3.47. The number of pyridine rings is 1. The van der Waals surface area contributed by atoms with E-state index in [1.54, 1.807) is 0 Å². The number of hydrogen-bond donors (Lipinski definition) is 1. The molecular formula is C14H9ClF4N2O2. The average molecular weight is 349 g/mol. The molecule has 23 heavy (non-hydrogen) atoms. The molecule has 9 heteroatoms. The Kier molecular flexibility index (Phi) is 4.46. The molecule has 0 spiro atoms. The van der Waals surface area contributed by atoms with E-state index >= 15 is 0 Å². The van der Waals surface area contributed by atoms with E-state index in [1.165, 1.54) is 13.0 Å². The molecule has 1 aromatic carbocycles. The summed E-state index contributed by atoms with van der Waals surface area (Å²) in [5.74, 6) is -2.28. The molecule has 0 aliphatic carbocycles. The number of nitrogens with two attached hydrogens (primary N) is 1. The van der Waals surface area contributed by atoms with Crippen molar-refractivity contribution in [3.8, 4) is 11.5 Å². The van der Waals surface area contributed by atoms with Crippen LogP contribution in [0.3, 0.4) is 0 Å². The van der Waals surface area contributed by atoms with Gasteiger partial charge in [-0.2, -0.15) is 17.6 Å². The van der Waals surface area contributed by atoms with E-state index < -0.39 is 34.4 Å². The number of hydrogen-bond acceptors (Lipinski definition) is 3. The molecule has 2 N–H and O–H groups in total. The van der Waals surface area contributed by atoms with E-state index in [2.05, 4.69) is 4.98 Å². The maximum Gasteiger partial charge on any atom is 0.417 e. The number of rotatable bonds is 3. The first-order chi connectivity index (χ1) is 10.6. The molecule has 0 atom stereocenters. The van der Waals surface area contributed by atoms with E-state index in [0.29, 0.717) is 6.07 Å². The molecule has 2 rings (SSSR count). The Morgan fingerprint density at radius 2 is 1.91 bits per heavy atom. The van der Waals surface area contributed by atoms with Gasteiger partial charge in [0, 0.05) is 0 Å². The van der Waals surface area contributed by atoms with Gasteiger partial charge < -0.3 is 10.5 Å². The first kappa shape index (κ1) is 17.0. The van der Waals surface area contributed by atoms with Gasteiger partial charge in [-0.05, 0) is 31.2 Å². The van der Waals surface area contributed by atoms with Crippen LogP contribution in [0.4, 0.5) is 17.6 Å².